The molecule has 332 valence electrons. The van der Waals surface area contributed by atoms with Gasteiger partial charge in [0.2, 0.25) is 0 Å². The molecule has 1 saturated heterocycles. The maximum absolute atomic E-state index is 5.43. The Morgan fingerprint density at radius 1 is 0.690 bits per heavy atom. The summed E-state index contributed by atoms with van der Waals surface area (Å²) in [6.07, 6.45) is 14.6. The van der Waals surface area contributed by atoms with Crippen molar-refractivity contribution < 1.29 is 13.7 Å². The molecule has 1 aliphatic rings. The summed E-state index contributed by atoms with van der Waals surface area (Å²) in [5.41, 5.74) is 2.95. The minimum Gasteiger partial charge on any atom is -0.475 e. The zero-order valence-electron chi connectivity index (χ0n) is 41.1. The molecule has 1 unspecified atom stereocenters. The SMILES string of the molecule is C=C1NCC(CC(C)(C)C)O1.CC.CC.CC(C)(C)Cc1cccnc1.CC(C)(C)Cc1ccno1.Cc1cnc(CC(C)(C)C)o1.Cc1cnc(CC(C)(C)C)s1. The van der Waals surface area contributed by atoms with E-state index in [1.54, 1.807) is 23.7 Å². The van der Waals surface area contributed by atoms with Gasteiger partial charge in [0.1, 0.15) is 17.6 Å². The molecule has 0 radical (unpaired) electrons. The lowest BCUT2D eigenvalue weighted by molar-refractivity contribution is 0.122. The average molecular weight is 826 g/mol. The van der Waals surface area contributed by atoms with Gasteiger partial charge in [-0.15, -0.1) is 11.3 Å². The molecule has 0 aromatic carbocycles. The highest BCUT2D eigenvalue weighted by atomic mass is 32.1. The summed E-state index contributed by atoms with van der Waals surface area (Å²) in [5, 5.41) is 7.97. The van der Waals surface area contributed by atoms with E-state index in [9.17, 15) is 0 Å². The van der Waals surface area contributed by atoms with E-state index in [2.05, 4.69) is 149 Å². The van der Waals surface area contributed by atoms with Crippen LogP contribution in [-0.2, 0) is 30.4 Å². The van der Waals surface area contributed by atoms with Crippen LogP contribution in [-0.4, -0.2) is 32.8 Å². The summed E-state index contributed by atoms with van der Waals surface area (Å²) in [6, 6.07) is 6.02. The van der Waals surface area contributed by atoms with Crippen molar-refractivity contribution in [1.29, 1.82) is 0 Å². The Kier molecular flexibility index (Phi) is 26.7. The number of aromatic nitrogens is 4. The molecule has 4 aromatic rings. The van der Waals surface area contributed by atoms with Crippen LogP contribution in [0.4, 0.5) is 0 Å². The molecule has 5 heterocycles. The van der Waals surface area contributed by atoms with Crippen molar-refractivity contribution in [2.45, 2.75) is 184 Å². The summed E-state index contributed by atoms with van der Waals surface area (Å²) in [6.45, 7) is 49.8. The summed E-state index contributed by atoms with van der Waals surface area (Å²) in [7, 11) is 0. The van der Waals surface area contributed by atoms with Gasteiger partial charge < -0.3 is 19.0 Å². The molecule has 9 heteroatoms. The van der Waals surface area contributed by atoms with Crippen molar-refractivity contribution in [2.24, 2.45) is 27.1 Å². The summed E-state index contributed by atoms with van der Waals surface area (Å²) in [5.74, 6) is 3.42. The van der Waals surface area contributed by atoms with E-state index in [1.165, 1.54) is 15.4 Å². The van der Waals surface area contributed by atoms with Crippen molar-refractivity contribution in [3.05, 3.63) is 94.5 Å². The minimum atomic E-state index is 0.261. The van der Waals surface area contributed by atoms with Crippen LogP contribution in [0.25, 0.3) is 0 Å². The Balaban J connectivity index is 0. The summed E-state index contributed by atoms with van der Waals surface area (Å²) >= 11 is 1.80. The number of pyridine rings is 1. The predicted octanol–water partition coefficient (Wildman–Crippen LogP) is 14.5. The number of nitrogens with zero attached hydrogens (tertiary/aromatic N) is 4. The molecule has 58 heavy (non-hydrogen) atoms. The average Bonchev–Trinajstić information content (AvgIpc) is 3.89. The first-order valence-electron chi connectivity index (χ1n) is 21.3. The van der Waals surface area contributed by atoms with Gasteiger partial charge in [0.25, 0.3) is 0 Å². The van der Waals surface area contributed by atoms with E-state index in [1.807, 2.05) is 65.3 Å². The quantitative estimate of drug-likeness (QED) is 0.212. The number of ether oxygens (including phenoxy) is 1. The molecule has 0 spiro atoms. The first-order valence-corrected chi connectivity index (χ1v) is 22.1. The third kappa shape index (κ3) is 34.6. The molecule has 0 amide bonds. The van der Waals surface area contributed by atoms with Gasteiger partial charge in [-0.2, -0.15) is 0 Å². The first-order chi connectivity index (χ1) is 26.6. The van der Waals surface area contributed by atoms with Crippen LogP contribution >= 0.6 is 11.3 Å². The predicted molar refractivity (Wildman–Crippen MR) is 250 cm³/mol. The lowest BCUT2D eigenvalue weighted by Crippen LogP contribution is -2.21. The lowest BCUT2D eigenvalue weighted by atomic mass is 9.89. The van der Waals surface area contributed by atoms with Crippen LogP contribution in [0.3, 0.4) is 0 Å². The van der Waals surface area contributed by atoms with Gasteiger partial charge in [0.05, 0.1) is 23.9 Å². The number of nitrogens with one attached hydrogen (secondary N) is 1. The van der Waals surface area contributed by atoms with E-state index in [4.69, 9.17) is 13.7 Å². The molecule has 0 aliphatic carbocycles. The number of aryl methyl sites for hydroxylation is 2. The van der Waals surface area contributed by atoms with Gasteiger partial charge in [0, 0.05) is 48.8 Å². The fraction of sp³-hybridized carbons (Fsp3) is 0.673. The normalized spacial score (nSPS) is 13.7. The Bertz CT molecular complexity index is 1520. The monoisotopic (exact) mass is 826 g/mol. The number of hydrogen-bond acceptors (Lipinski definition) is 9. The maximum Gasteiger partial charge on any atom is 0.194 e. The van der Waals surface area contributed by atoms with Crippen LogP contribution in [0.2, 0.25) is 0 Å². The fourth-order valence-corrected chi connectivity index (χ4v) is 6.24. The summed E-state index contributed by atoms with van der Waals surface area (Å²) < 4.78 is 15.7. The zero-order chi connectivity index (χ0) is 45.4. The van der Waals surface area contributed by atoms with Gasteiger partial charge >= 0.3 is 0 Å². The van der Waals surface area contributed by atoms with Gasteiger partial charge in [0.15, 0.2) is 11.8 Å². The third-order valence-electron chi connectivity index (χ3n) is 7.03. The van der Waals surface area contributed by atoms with Gasteiger partial charge in [-0.05, 0) is 72.0 Å². The van der Waals surface area contributed by atoms with Crippen molar-refractivity contribution in [3.63, 3.8) is 0 Å². The van der Waals surface area contributed by atoms with Crippen molar-refractivity contribution in [2.75, 3.05) is 6.54 Å². The highest BCUT2D eigenvalue weighted by molar-refractivity contribution is 7.11. The molecule has 8 nitrogen and oxygen atoms in total. The van der Waals surface area contributed by atoms with Crippen LogP contribution < -0.4 is 5.32 Å². The smallest absolute Gasteiger partial charge is 0.194 e. The molecule has 0 bridgehead atoms. The maximum atomic E-state index is 5.43. The topological polar surface area (TPSA) is 99.1 Å². The second kappa shape index (κ2) is 27.3. The number of hydrogen-bond donors (Lipinski definition) is 1. The molecular weight excluding hydrogens is 739 g/mol. The molecule has 1 N–H and O–H groups in total. The van der Waals surface area contributed by atoms with Gasteiger partial charge in [-0.3, -0.25) is 4.98 Å². The highest BCUT2D eigenvalue weighted by Gasteiger charge is 2.24. The molecule has 1 aliphatic heterocycles. The molecule has 1 fully saturated rings. The Morgan fingerprint density at radius 3 is 1.62 bits per heavy atom. The van der Waals surface area contributed by atoms with E-state index in [0.717, 1.165) is 61.9 Å². The Hall–Kier alpha value is -3.46. The van der Waals surface area contributed by atoms with E-state index in [-0.39, 0.29) is 5.41 Å². The number of oxazole rings is 1. The standard InChI is InChI=1S/C10H15N.C9H17NO.C9H15NO.C9H15NS.C8H13NO.2C2H6/c1-10(2,3)7-9-5-4-6-11-8-9;1-7-10-6-8(11-7)5-9(2,3)4;2*1-7-6-10-8(11-7)5-9(2,3)4;1-8(2,3)6-7-4-5-9-10-7;2*1-2/h4-6,8H,7H2,1-3H3;8,10H,1,5-6H2,2-4H3;2*6H,5H2,1-4H3;4-5H,6H2,1-3H3;2*1-2H3. The first kappa shape index (κ1) is 56.6. The second-order valence-corrected chi connectivity index (χ2v) is 21.6. The second-order valence-electron chi connectivity index (χ2n) is 20.3. The van der Waals surface area contributed by atoms with Crippen molar-refractivity contribution >= 4 is 11.3 Å². The summed E-state index contributed by atoms with van der Waals surface area (Å²) in [4.78, 5) is 13.8. The van der Waals surface area contributed by atoms with Crippen LogP contribution in [0.15, 0.2) is 70.6 Å². The van der Waals surface area contributed by atoms with E-state index < -0.39 is 0 Å². The van der Waals surface area contributed by atoms with Gasteiger partial charge in [-0.1, -0.05) is 143 Å². The van der Waals surface area contributed by atoms with E-state index >= 15 is 0 Å². The molecule has 0 saturated carbocycles. The molecular formula is C49H87N5O3S. The number of thiazole rings is 1. The Labute approximate surface area is 360 Å². The van der Waals surface area contributed by atoms with Gasteiger partial charge in [-0.25, -0.2) is 9.97 Å². The largest absolute Gasteiger partial charge is 0.475 e. The molecule has 1 atom stereocenters. The molecule has 5 rings (SSSR count). The fourth-order valence-electron chi connectivity index (χ4n) is 5.15. The van der Waals surface area contributed by atoms with Crippen molar-refractivity contribution in [1.82, 2.24) is 25.4 Å². The van der Waals surface area contributed by atoms with Crippen LogP contribution in [0, 0.1) is 40.9 Å². The highest BCUT2D eigenvalue weighted by Crippen LogP contribution is 2.26. The van der Waals surface area contributed by atoms with Crippen LogP contribution in [0.1, 0.15) is 171 Å². The minimum absolute atomic E-state index is 0.261. The number of rotatable bonds is 5. The van der Waals surface area contributed by atoms with Crippen LogP contribution in [0.5, 0.6) is 0 Å². The Morgan fingerprint density at radius 2 is 1.26 bits per heavy atom. The zero-order valence-corrected chi connectivity index (χ0v) is 41.9. The van der Waals surface area contributed by atoms with E-state index in [0.29, 0.717) is 27.8 Å². The lowest BCUT2D eigenvalue weighted by Gasteiger charge is -2.21. The third-order valence-corrected chi connectivity index (χ3v) is 7.94. The van der Waals surface area contributed by atoms with Crippen molar-refractivity contribution in [3.8, 4) is 0 Å². The molecule has 4 aromatic heterocycles.